The Morgan fingerprint density at radius 1 is 1.07 bits per heavy atom. The quantitative estimate of drug-likeness (QED) is 0.317. The Morgan fingerprint density at radius 2 is 2.00 bits per heavy atom. The lowest BCUT2D eigenvalue weighted by molar-refractivity contribution is 0.482. The van der Waals surface area contributed by atoms with E-state index in [-0.39, 0.29) is 0 Å². The summed E-state index contributed by atoms with van der Waals surface area (Å²) < 4.78 is 7.55. The van der Waals surface area contributed by atoms with Crippen LogP contribution in [0, 0.1) is 0 Å². The molecule has 0 spiro atoms. The molecule has 0 fully saturated rings. The van der Waals surface area contributed by atoms with E-state index >= 15 is 0 Å². The molecule has 5 rings (SSSR count). The predicted octanol–water partition coefficient (Wildman–Crippen LogP) is 4.37. The van der Waals surface area contributed by atoms with Crippen molar-refractivity contribution >= 4 is 51.5 Å². The fourth-order valence-corrected chi connectivity index (χ4v) is 3.37. The van der Waals surface area contributed by atoms with Crippen molar-refractivity contribution in [1.29, 1.82) is 0 Å². The molecule has 5 aromatic rings. The van der Waals surface area contributed by atoms with Gasteiger partial charge in [-0.3, -0.25) is 0 Å². The molecule has 0 atom stereocenters. The molecular weight excluding hydrogens is 424 g/mol. The number of fused-ring (bicyclic) bond motifs is 2. The minimum absolute atomic E-state index is 0.444. The van der Waals surface area contributed by atoms with Crippen LogP contribution in [0.2, 0.25) is 5.02 Å². The van der Waals surface area contributed by atoms with Crippen molar-refractivity contribution < 1.29 is 4.74 Å². The molecule has 4 aromatic heterocycles. The Hall–Kier alpha value is -3.50. The lowest BCUT2D eigenvalue weighted by Crippen LogP contribution is -1.99. The van der Waals surface area contributed by atoms with Crippen molar-refractivity contribution in [3.05, 3.63) is 60.4 Å². The second-order valence-electron chi connectivity index (χ2n) is 6.11. The maximum Gasteiger partial charge on any atom is 0.188 e. The molecule has 148 valence electrons. The molecule has 9 nitrogen and oxygen atoms in total. The molecule has 11 heteroatoms. The van der Waals surface area contributed by atoms with Crippen LogP contribution in [0.1, 0.15) is 0 Å². The van der Waals surface area contributed by atoms with E-state index in [1.165, 1.54) is 24.4 Å². The van der Waals surface area contributed by atoms with Gasteiger partial charge in [0.1, 0.15) is 35.2 Å². The fraction of sp³-hybridized carbons (Fsp3) is 0.0526. The molecule has 0 bridgehead atoms. The molecule has 4 heterocycles. The number of ether oxygens (including phenoxy) is 1. The maximum atomic E-state index is 6.45. The Kier molecular flexibility index (Phi) is 4.77. The number of halogens is 1. The lowest BCUT2D eigenvalue weighted by atomic mass is 10.3. The number of nitrogens with zero attached hydrogens (tertiary/aromatic N) is 7. The number of thioether (sulfide) groups is 1. The van der Waals surface area contributed by atoms with Crippen LogP contribution in [0.3, 0.4) is 0 Å². The third-order valence-corrected chi connectivity index (χ3v) is 5.07. The number of pyridine rings is 1. The van der Waals surface area contributed by atoms with Crippen LogP contribution in [0.15, 0.2) is 60.5 Å². The summed E-state index contributed by atoms with van der Waals surface area (Å²) >= 11 is 7.90. The number of anilines is 2. The molecule has 1 aromatic carbocycles. The van der Waals surface area contributed by atoms with Gasteiger partial charge in [-0.2, -0.15) is 5.10 Å². The minimum Gasteiger partial charge on any atom is -0.456 e. The SMILES string of the molecule is CSc1ncc2ncnc(Nc3ccc(Oc4ccn5ncnc5c4)c(Cl)c3)c2n1. The molecule has 30 heavy (non-hydrogen) atoms. The van der Waals surface area contributed by atoms with Crippen LogP contribution >= 0.6 is 23.4 Å². The highest BCUT2D eigenvalue weighted by Gasteiger charge is 2.10. The molecule has 1 N–H and O–H groups in total. The second-order valence-corrected chi connectivity index (χ2v) is 7.29. The van der Waals surface area contributed by atoms with E-state index in [2.05, 4.69) is 35.3 Å². The average molecular weight is 437 g/mol. The predicted molar refractivity (Wildman–Crippen MR) is 115 cm³/mol. The number of nitrogens with one attached hydrogen (secondary N) is 1. The van der Waals surface area contributed by atoms with E-state index in [0.717, 1.165) is 5.69 Å². The van der Waals surface area contributed by atoms with Gasteiger partial charge in [-0.25, -0.2) is 29.4 Å². The normalized spacial score (nSPS) is 11.1. The molecule has 0 aliphatic rings. The Morgan fingerprint density at radius 3 is 2.87 bits per heavy atom. The molecule has 0 aliphatic carbocycles. The third kappa shape index (κ3) is 3.58. The van der Waals surface area contributed by atoms with Crippen LogP contribution < -0.4 is 10.1 Å². The first-order valence-electron chi connectivity index (χ1n) is 8.75. The van der Waals surface area contributed by atoms with E-state index in [9.17, 15) is 0 Å². The summed E-state index contributed by atoms with van der Waals surface area (Å²) in [7, 11) is 0. The minimum atomic E-state index is 0.444. The van der Waals surface area contributed by atoms with Crippen molar-refractivity contribution in [2.75, 3.05) is 11.6 Å². The van der Waals surface area contributed by atoms with Gasteiger partial charge in [0.25, 0.3) is 0 Å². The van der Waals surface area contributed by atoms with E-state index in [1.807, 2.05) is 12.3 Å². The second kappa shape index (κ2) is 7.73. The largest absolute Gasteiger partial charge is 0.456 e. The van der Waals surface area contributed by atoms with Crippen LogP contribution in [0.4, 0.5) is 11.5 Å². The highest BCUT2D eigenvalue weighted by molar-refractivity contribution is 7.98. The topological polar surface area (TPSA) is 103 Å². The van der Waals surface area contributed by atoms with E-state index in [0.29, 0.717) is 44.2 Å². The molecular formula is C19H13ClN8OS. The van der Waals surface area contributed by atoms with Gasteiger partial charge in [0.2, 0.25) is 0 Å². The average Bonchev–Trinajstić information content (AvgIpc) is 3.23. The van der Waals surface area contributed by atoms with Gasteiger partial charge in [0, 0.05) is 18.0 Å². The Balaban J connectivity index is 1.41. The highest BCUT2D eigenvalue weighted by Crippen LogP contribution is 2.33. The van der Waals surface area contributed by atoms with Crippen molar-refractivity contribution in [3.63, 3.8) is 0 Å². The number of hydrogen-bond acceptors (Lipinski definition) is 9. The zero-order valence-electron chi connectivity index (χ0n) is 15.5. The summed E-state index contributed by atoms with van der Waals surface area (Å²) in [6, 6.07) is 8.97. The van der Waals surface area contributed by atoms with E-state index in [4.69, 9.17) is 16.3 Å². The number of benzene rings is 1. The third-order valence-electron chi connectivity index (χ3n) is 4.21. The first-order valence-corrected chi connectivity index (χ1v) is 10.4. The molecule has 0 radical (unpaired) electrons. The zero-order chi connectivity index (χ0) is 20.5. The molecule has 0 unspecified atom stereocenters. The van der Waals surface area contributed by atoms with Crippen molar-refractivity contribution in [2.24, 2.45) is 0 Å². The Labute approximate surface area is 179 Å². The molecule has 0 saturated carbocycles. The van der Waals surface area contributed by atoms with E-state index in [1.54, 1.807) is 41.2 Å². The molecule has 0 saturated heterocycles. The fourth-order valence-electron chi connectivity index (χ4n) is 2.81. The van der Waals surface area contributed by atoms with E-state index < -0.39 is 0 Å². The maximum absolute atomic E-state index is 6.45. The Bertz CT molecular complexity index is 1380. The van der Waals surface area contributed by atoms with Crippen molar-refractivity contribution in [2.45, 2.75) is 5.16 Å². The van der Waals surface area contributed by atoms with Crippen molar-refractivity contribution in [1.82, 2.24) is 34.5 Å². The standard InChI is InChI=1S/C19H13ClN8OS/c1-30-19-21-8-14-17(27-19)18(24-9-22-14)26-11-2-3-15(13(20)6-11)29-12-4-5-28-16(7-12)23-10-25-28/h2-10H,1H3,(H,22,24,26). The summed E-state index contributed by atoms with van der Waals surface area (Å²) in [6.07, 6.45) is 8.31. The van der Waals surface area contributed by atoms with Crippen LogP contribution in [0.25, 0.3) is 16.7 Å². The smallest absolute Gasteiger partial charge is 0.188 e. The summed E-state index contributed by atoms with van der Waals surface area (Å²) in [4.78, 5) is 21.4. The first kappa shape index (κ1) is 18.5. The van der Waals surface area contributed by atoms with Gasteiger partial charge in [0.15, 0.2) is 16.6 Å². The zero-order valence-corrected chi connectivity index (χ0v) is 17.1. The summed E-state index contributed by atoms with van der Waals surface area (Å²) in [5.41, 5.74) is 2.71. The molecule has 0 amide bonds. The summed E-state index contributed by atoms with van der Waals surface area (Å²) in [5, 5.41) is 8.39. The van der Waals surface area contributed by atoms with Gasteiger partial charge < -0.3 is 10.1 Å². The molecule has 0 aliphatic heterocycles. The van der Waals surface area contributed by atoms with Crippen LogP contribution in [0.5, 0.6) is 11.5 Å². The van der Waals surface area contributed by atoms with Crippen LogP contribution in [-0.4, -0.2) is 40.8 Å². The van der Waals surface area contributed by atoms with Gasteiger partial charge in [-0.15, -0.1) is 0 Å². The number of hydrogen-bond donors (Lipinski definition) is 1. The summed E-state index contributed by atoms with van der Waals surface area (Å²) in [6.45, 7) is 0. The lowest BCUT2D eigenvalue weighted by Gasteiger charge is -2.11. The van der Waals surface area contributed by atoms with Crippen molar-refractivity contribution in [3.8, 4) is 11.5 Å². The van der Waals surface area contributed by atoms with Gasteiger partial charge in [-0.1, -0.05) is 23.4 Å². The first-order chi connectivity index (χ1) is 14.7. The van der Waals surface area contributed by atoms with Gasteiger partial charge in [-0.05, 0) is 30.5 Å². The highest BCUT2D eigenvalue weighted by atomic mass is 35.5. The number of aromatic nitrogens is 7. The van der Waals surface area contributed by atoms with Gasteiger partial charge in [0.05, 0.1) is 11.2 Å². The number of rotatable bonds is 5. The summed E-state index contributed by atoms with van der Waals surface area (Å²) in [5.74, 6) is 1.70. The van der Waals surface area contributed by atoms with Crippen LogP contribution in [-0.2, 0) is 0 Å². The monoisotopic (exact) mass is 436 g/mol. The van der Waals surface area contributed by atoms with Gasteiger partial charge >= 0.3 is 0 Å².